The molecule has 0 spiro atoms. The second-order valence-corrected chi connectivity index (χ2v) is 7.82. The number of sulfonamides is 1. The summed E-state index contributed by atoms with van der Waals surface area (Å²) in [5.41, 5.74) is 3.96. The fraction of sp³-hybridized carbons (Fsp3) is 0.211. The second-order valence-electron chi connectivity index (χ2n) is 5.94. The monoisotopic (exact) mass is 355 g/mol. The molecule has 0 bridgehead atoms. The Bertz CT molecular complexity index is 963. The summed E-state index contributed by atoms with van der Waals surface area (Å²) in [5.74, 6) is 0. The van der Waals surface area contributed by atoms with E-state index in [1.807, 2.05) is 42.1 Å². The first kappa shape index (κ1) is 17.4. The van der Waals surface area contributed by atoms with Gasteiger partial charge in [0.05, 0.1) is 16.9 Å². The first-order valence-electron chi connectivity index (χ1n) is 8.08. The van der Waals surface area contributed by atoms with Gasteiger partial charge in [-0.2, -0.15) is 0 Å². The molecule has 0 fully saturated rings. The summed E-state index contributed by atoms with van der Waals surface area (Å²) >= 11 is 0. The molecule has 0 aliphatic rings. The van der Waals surface area contributed by atoms with Gasteiger partial charge in [-0.15, -0.1) is 0 Å². The van der Waals surface area contributed by atoms with Gasteiger partial charge in [-0.25, -0.2) is 18.1 Å². The third kappa shape index (κ3) is 3.97. The number of hydrogen-bond donors (Lipinski definition) is 1. The zero-order valence-corrected chi connectivity index (χ0v) is 15.1. The molecule has 130 valence electrons. The summed E-state index contributed by atoms with van der Waals surface area (Å²) in [6, 6.07) is 15.5. The zero-order chi connectivity index (χ0) is 17.9. The molecule has 0 aliphatic heterocycles. The Balaban J connectivity index is 1.99. The number of imidazole rings is 1. The average molecular weight is 355 g/mol. The molecular formula is C19H21N3O2S. The van der Waals surface area contributed by atoms with E-state index in [4.69, 9.17) is 0 Å². The summed E-state index contributed by atoms with van der Waals surface area (Å²) in [7, 11) is -0.177. The number of rotatable bonds is 6. The second kappa shape index (κ2) is 7.21. The van der Waals surface area contributed by atoms with Crippen molar-refractivity contribution < 1.29 is 8.42 Å². The smallest absolute Gasteiger partial charge is 0.240 e. The lowest BCUT2D eigenvalue weighted by molar-refractivity contribution is 0.588. The number of aromatic nitrogens is 2. The molecule has 0 saturated heterocycles. The van der Waals surface area contributed by atoms with Crippen LogP contribution in [0.3, 0.4) is 0 Å². The molecule has 0 radical (unpaired) electrons. The molecule has 0 unspecified atom stereocenters. The Morgan fingerprint density at radius 1 is 1.08 bits per heavy atom. The van der Waals surface area contributed by atoms with Crippen molar-refractivity contribution in [3.05, 3.63) is 72.2 Å². The van der Waals surface area contributed by atoms with Crippen LogP contribution in [0.4, 0.5) is 0 Å². The van der Waals surface area contributed by atoms with Gasteiger partial charge in [-0.05, 0) is 43.1 Å². The summed E-state index contributed by atoms with van der Waals surface area (Å²) in [6.07, 6.45) is 5.32. The molecule has 0 atom stereocenters. The van der Waals surface area contributed by atoms with Crippen molar-refractivity contribution in [2.75, 3.05) is 7.05 Å². The SMILES string of the molecule is CNS(=O)(=O)c1ccc(CCc2ccccc2)c(-c2cn(C)cn2)c1. The van der Waals surface area contributed by atoms with Crippen molar-refractivity contribution >= 4 is 10.0 Å². The van der Waals surface area contributed by atoms with E-state index in [9.17, 15) is 8.42 Å². The van der Waals surface area contributed by atoms with E-state index in [1.54, 1.807) is 18.5 Å². The maximum atomic E-state index is 12.1. The normalized spacial score (nSPS) is 11.6. The Morgan fingerprint density at radius 3 is 2.48 bits per heavy atom. The van der Waals surface area contributed by atoms with E-state index in [0.717, 1.165) is 29.7 Å². The zero-order valence-electron chi connectivity index (χ0n) is 14.3. The van der Waals surface area contributed by atoms with Crippen molar-refractivity contribution in [3.8, 4) is 11.3 Å². The van der Waals surface area contributed by atoms with Crippen LogP contribution in [0.2, 0.25) is 0 Å². The molecular weight excluding hydrogens is 334 g/mol. The lowest BCUT2D eigenvalue weighted by Gasteiger charge is -2.11. The molecule has 5 nitrogen and oxygen atoms in total. The van der Waals surface area contributed by atoms with Crippen molar-refractivity contribution in [2.24, 2.45) is 7.05 Å². The largest absolute Gasteiger partial charge is 0.340 e. The molecule has 1 aromatic heterocycles. The standard InChI is InChI=1S/C19H21N3O2S/c1-20-25(23,24)17-11-10-16(9-8-15-6-4-3-5-7-15)18(12-17)19-13-22(2)14-21-19/h3-7,10-14,20H,8-9H2,1-2H3. The number of benzene rings is 2. The van der Waals surface area contributed by atoms with Gasteiger partial charge >= 0.3 is 0 Å². The van der Waals surface area contributed by atoms with Gasteiger partial charge in [0, 0.05) is 18.8 Å². The van der Waals surface area contributed by atoms with Crippen LogP contribution in [0, 0.1) is 0 Å². The van der Waals surface area contributed by atoms with E-state index < -0.39 is 10.0 Å². The maximum absolute atomic E-state index is 12.1. The topological polar surface area (TPSA) is 64.0 Å². The Labute approximate surface area is 148 Å². The third-order valence-corrected chi connectivity index (χ3v) is 5.58. The van der Waals surface area contributed by atoms with Gasteiger partial charge in [-0.3, -0.25) is 0 Å². The van der Waals surface area contributed by atoms with E-state index >= 15 is 0 Å². The van der Waals surface area contributed by atoms with Crippen molar-refractivity contribution in [2.45, 2.75) is 17.7 Å². The molecule has 0 amide bonds. The first-order chi connectivity index (χ1) is 12.0. The van der Waals surface area contributed by atoms with Gasteiger partial charge < -0.3 is 4.57 Å². The van der Waals surface area contributed by atoms with Gasteiger partial charge in [0.1, 0.15) is 0 Å². The Morgan fingerprint density at radius 2 is 1.84 bits per heavy atom. The van der Waals surface area contributed by atoms with Crippen molar-refractivity contribution in [1.29, 1.82) is 0 Å². The molecule has 0 saturated carbocycles. The predicted octanol–water partition coefficient (Wildman–Crippen LogP) is 2.78. The summed E-state index contributed by atoms with van der Waals surface area (Å²) in [6.45, 7) is 0. The van der Waals surface area contributed by atoms with Gasteiger partial charge in [0.15, 0.2) is 0 Å². The average Bonchev–Trinajstić information content (AvgIpc) is 3.07. The van der Waals surface area contributed by atoms with Crippen LogP contribution in [-0.4, -0.2) is 25.0 Å². The fourth-order valence-corrected chi connectivity index (χ4v) is 3.53. The van der Waals surface area contributed by atoms with Crippen molar-refractivity contribution in [1.82, 2.24) is 14.3 Å². The number of nitrogens with zero attached hydrogens (tertiary/aromatic N) is 2. The van der Waals surface area contributed by atoms with E-state index in [2.05, 4.69) is 21.8 Å². The maximum Gasteiger partial charge on any atom is 0.240 e. The highest BCUT2D eigenvalue weighted by molar-refractivity contribution is 7.89. The minimum absolute atomic E-state index is 0.249. The number of nitrogens with one attached hydrogen (secondary N) is 1. The summed E-state index contributed by atoms with van der Waals surface area (Å²) < 4.78 is 28.5. The highest BCUT2D eigenvalue weighted by atomic mass is 32.2. The number of aryl methyl sites for hydroxylation is 3. The number of hydrogen-bond acceptors (Lipinski definition) is 3. The van der Waals surface area contributed by atoms with Crippen LogP contribution in [0.15, 0.2) is 66.0 Å². The molecule has 3 aromatic rings. The molecule has 1 N–H and O–H groups in total. The van der Waals surface area contributed by atoms with Crippen LogP contribution in [-0.2, 0) is 29.9 Å². The van der Waals surface area contributed by atoms with Gasteiger partial charge in [0.25, 0.3) is 0 Å². The van der Waals surface area contributed by atoms with Crippen LogP contribution in [0.25, 0.3) is 11.3 Å². The molecule has 0 aliphatic carbocycles. The van der Waals surface area contributed by atoms with Crippen LogP contribution in [0.1, 0.15) is 11.1 Å². The highest BCUT2D eigenvalue weighted by Crippen LogP contribution is 2.26. The van der Waals surface area contributed by atoms with E-state index in [0.29, 0.717) is 0 Å². The van der Waals surface area contributed by atoms with Gasteiger partial charge in [0.2, 0.25) is 10.0 Å². The lowest BCUT2D eigenvalue weighted by atomic mass is 9.98. The molecule has 6 heteroatoms. The predicted molar refractivity (Wildman–Crippen MR) is 98.7 cm³/mol. The van der Waals surface area contributed by atoms with Crippen LogP contribution < -0.4 is 4.72 Å². The summed E-state index contributed by atoms with van der Waals surface area (Å²) in [4.78, 5) is 4.65. The Kier molecular flexibility index (Phi) is 5.01. The lowest BCUT2D eigenvalue weighted by Crippen LogP contribution is -2.18. The minimum Gasteiger partial charge on any atom is -0.340 e. The first-order valence-corrected chi connectivity index (χ1v) is 9.56. The van der Waals surface area contributed by atoms with Crippen LogP contribution >= 0.6 is 0 Å². The minimum atomic E-state index is -3.49. The quantitative estimate of drug-likeness (QED) is 0.739. The van der Waals surface area contributed by atoms with E-state index in [1.165, 1.54) is 12.6 Å². The van der Waals surface area contributed by atoms with Gasteiger partial charge in [-0.1, -0.05) is 36.4 Å². The summed E-state index contributed by atoms with van der Waals surface area (Å²) in [5, 5.41) is 0. The molecule has 3 rings (SSSR count). The third-order valence-electron chi connectivity index (χ3n) is 4.17. The van der Waals surface area contributed by atoms with E-state index in [-0.39, 0.29) is 4.90 Å². The molecule has 25 heavy (non-hydrogen) atoms. The fourth-order valence-electron chi connectivity index (χ4n) is 2.77. The highest BCUT2D eigenvalue weighted by Gasteiger charge is 2.16. The Hall–Kier alpha value is -2.44. The molecule has 2 aromatic carbocycles. The van der Waals surface area contributed by atoms with Crippen molar-refractivity contribution in [3.63, 3.8) is 0 Å². The molecule has 1 heterocycles. The van der Waals surface area contributed by atoms with Crippen LogP contribution in [0.5, 0.6) is 0 Å².